The van der Waals surface area contributed by atoms with Gasteiger partial charge in [-0.2, -0.15) is 0 Å². The summed E-state index contributed by atoms with van der Waals surface area (Å²) in [4.78, 5) is 25.6. The van der Waals surface area contributed by atoms with Crippen molar-refractivity contribution in [3.05, 3.63) is 100 Å². The highest BCUT2D eigenvalue weighted by atomic mass is 35.5. The lowest BCUT2D eigenvalue weighted by molar-refractivity contribution is -0.314. The predicted molar refractivity (Wildman–Crippen MR) is 109 cm³/mol. The summed E-state index contributed by atoms with van der Waals surface area (Å²) < 4.78 is 0. The van der Waals surface area contributed by atoms with E-state index in [2.05, 4.69) is 5.32 Å². The van der Waals surface area contributed by atoms with Crippen LogP contribution in [-0.4, -0.2) is 11.9 Å². The largest absolute Gasteiger partial charge is 0.550 e. The Morgan fingerprint density at radius 3 is 1.62 bits per heavy atom. The van der Waals surface area contributed by atoms with Crippen molar-refractivity contribution < 1.29 is 14.7 Å². The molecule has 0 aromatic heterocycles. The summed E-state index contributed by atoms with van der Waals surface area (Å²) in [6, 6.07) is 22.4. The van der Waals surface area contributed by atoms with E-state index < -0.39 is 23.7 Å². The van der Waals surface area contributed by atoms with Crippen molar-refractivity contribution in [2.75, 3.05) is 5.32 Å². The number of halogens is 1. The van der Waals surface area contributed by atoms with Gasteiger partial charge in [0, 0.05) is 34.4 Å². The minimum absolute atomic E-state index is 0.319. The number of amides is 1. The van der Waals surface area contributed by atoms with Crippen LogP contribution < -0.4 is 10.4 Å². The van der Waals surface area contributed by atoms with Crippen LogP contribution in [0.25, 0.3) is 0 Å². The summed E-state index contributed by atoms with van der Waals surface area (Å²) >= 11 is 5.93. The van der Waals surface area contributed by atoms with Crippen LogP contribution in [-0.2, 0) is 9.59 Å². The van der Waals surface area contributed by atoms with Crippen LogP contribution in [0.15, 0.2) is 72.8 Å². The Labute approximate surface area is 173 Å². The maximum atomic E-state index is 13.3. The van der Waals surface area contributed by atoms with Crippen molar-refractivity contribution in [2.24, 2.45) is 11.8 Å². The SMILES string of the molecule is O=C([O-])[C@@H]1C2c3ccccc3C(c3ccccc32)[C@@H]1C(=O)Nc1ccc(Cl)cc1. The molecule has 144 valence electrons. The maximum absolute atomic E-state index is 13.3. The Hall–Kier alpha value is -3.11. The molecule has 3 aliphatic carbocycles. The number of carboxylic acids is 1. The zero-order valence-corrected chi connectivity index (χ0v) is 16.1. The lowest BCUT2D eigenvalue weighted by Crippen LogP contribution is -2.52. The number of hydrogen-bond donors (Lipinski definition) is 1. The van der Waals surface area contributed by atoms with E-state index in [9.17, 15) is 14.7 Å². The van der Waals surface area contributed by atoms with Crippen molar-refractivity contribution in [1.82, 2.24) is 0 Å². The van der Waals surface area contributed by atoms with Gasteiger partial charge in [0.15, 0.2) is 0 Å². The molecule has 1 N–H and O–H groups in total. The van der Waals surface area contributed by atoms with Gasteiger partial charge in [0.2, 0.25) is 5.91 Å². The zero-order valence-electron chi connectivity index (χ0n) is 15.3. The van der Waals surface area contributed by atoms with E-state index in [1.165, 1.54) is 0 Å². The molecule has 0 saturated heterocycles. The van der Waals surface area contributed by atoms with Crippen molar-refractivity contribution in [2.45, 2.75) is 11.8 Å². The van der Waals surface area contributed by atoms with E-state index in [1.54, 1.807) is 24.3 Å². The minimum Gasteiger partial charge on any atom is -0.550 e. The molecule has 3 aromatic carbocycles. The van der Waals surface area contributed by atoms with Crippen LogP contribution in [0.3, 0.4) is 0 Å². The number of carboxylic acid groups (broad SMARTS) is 1. The number of fused-ring (bicyclic) bond motifs is 1. The van der Waals surface area contributed by atoms with Crippen LogP contribution in [0.2, 0.25) is 5.02 Å². The zero-order chi connectivity index (χ0) is 20.1. The van der Waals surface area contributed by atoms with Gasteiger partial charge in [0.05, 0.1) is 5.92 Å². The Bertz CT molecular complexity index is 1080. The summed E-state index contributed by atoms with van der Waals surface area (Å²) in [5.41, 5.74) is 4.57. The normalized spacial score (nSPS) is 23.8. The van der Waals surface area contributed by atoms with Gasteiger partial charge in [-0.1, -0.05) is 60.1 Å². The van der Waals surface area contributed by atoms with Crippen molar-refractivity contribution >= 4 is 29.2 Å². The van der Waals surface area contributed by atoms with E-state index in [0.717, 1.165) is 22.3 Å². The number of hydrogen-bond acceptors (Lipinski definition) is 3. The molecule has 2 atom stereocenters. The quantitative estimate of drug-likeness (QED) is 0.728. The molecular formula is C24H17ClNO3-. The van der Waals surface area contributed by atoms with Gasteiger partial charge in [-0.25, -0.2) is 0 Å². The molecule has 0 spiro atoms. The molecule has 6 rings (SSSR count). The van der Waals surface area contributed by atoms with Gasteiger partial charge in [0.25, 0.3) is 0 Å². The fourth-order valence-corrected chi connectivity index (χ4v) is 5.16. The smallest absolute Gasteiger partial charge is 0.229 e. The summed E-state index contributed by atoms with van der Waals surface area (Å²) in [5.74, 6) is -3.94. The average Bonchev–Trinajstić information content (AvgIpc) is 2.74. The third-order valence-electron chi connectivity index (χ3n) is 6.12. The highest BCUT2D eigenvalue weighted by Crippen LogP contribution is 2.58. The molecule has 2 bridgehead atoms. The molecule has 29 heavy (non-hydrogen) atoms. The van der Waals surface area contributed by atoms with E-state index in [1.807, 2.05) is 48.5 Å². The van der Waals surface area contributed by atoms with Gasteiger partial charge in [-0.3, -0.25) is 4.79 Å². The number of benzene rings is 3. The second-order valence-electron chi connectivity index (χ2n) is 7.58. The molecule has 0 aliphatic heterocycles. The van der Waals surface area contributed by atoms with Crippen molar-refractivity contribution in [1.29, 1.82) is 0 Å². The second kappa shape index (κ2) is 6.75. The number of rotatable bonds is 3. The molecule has 3 aromatic rings. The summed E-state index contributed by atoms with van der Waals surface area (Å²) in [6.07, 6.45) is 0. The van der Waals surface area contributed by atoms with Crippen LogP contribution in [0.4, 0.5) is 5.69 Å². The van der Waals surface area contributed by atoms with Gasteiger partial charge in [-0.15, -0.1) is 0 Å². The fourth-order valence-electron chi connectivity index (χ4n) is 5.03. The first-order valence-corrected chi connectivity index (χ1v) is 9.89. The van der Waals surface area contributed by atoms with E-state index in [4.69, 9.17) is 11.6 Å². The van der Waals surface area contributed by atoms with Gasteiger partial charge in [-0.05, 0) is 46.5 Å². The minimum atomic E-state index is -1.19. The first-order valence-electron chi connectivity index (χ1n) is 9.51. The number of carbonyl (C=O) groups is 2. The third kappa shape index (κ3) is 2.75. The number of carbonyl (C=O) groups excluding carboxylic acids is 2. The fraction of sp³-hybridized carbons (Fsp3) is 0.167. The molecule has 0 heterocycles. The average molecular weight is 403 g/mol. The van der Waals surface area contributed by atoms with Crippen molar-refractivity contribution in [3.63, 3.8) is 0 Å². The molecule has 0 saturated carbocycles. The Morgan fingerprint density at radius 1 is 0.724 bits per heavy atom. The molecular weight excluding hydrogens is 386 g/mol. The Kier molecular flexibility index (Phi) is 4.18. The Morgan fingerprint density at radius 2 is 1.17 bits per heavy atom. The lowest BCUT2D eigenvalue weighted by Gasteiger charge is -2.50. The molecule has 0 unspecified atom stereocenters. The van der Waals surface area contributed by atoms with Crippen LogP contribution in [0, 0.1) is 11.8 Å². The Balaban J connectivity index is 1.64. The highest BCUT2D eigenvalue weighted by molar-refractivity contribution is 6.30. The standard InChI is InChI=1S/C24H18ClNO3/c25-13-9-11-14(12-10-13)26-23(27)21-19-15-5-1-3-7-17(15)20(22(21)24(28)29)18-8-4-2-6-16(18)19/h1-12,19-22H,(H,26,27)(H,28,29)/p-1/t19?,20?,21-,22+/m0/s1. The number of anilines is 1. The van der Waals surface area contributed by atoms with Gasteiger partial charge >= 0.3 is 0 Å². The van der Waals surface area contributed by atoms with Crippen LogP contribution >= 0.6 is 11.6 Å². The summed E-state index contributed by atoms with van der Waals surface area (Å²) in [5, 5.41) is 15.7. The molecule has 0 radical (unpaired) electrons. The number of aliphatic carboxylic acids is 1. The predicted octanol–water partition coefficient (Wildman–Crippen LogP) is 3.55. The first kappa shape index (κ1) is 18.0. The highest BCUT2D eigenvalue weighted by Gasteiger charge is 2.52. The number of nitrogens with one attached hydrogen (secondary N) is 1. The van der Waals surface area contributed by atoms with Gasteiger partial charge < -0.3 is 15.2 Å². The van der Waals surface area contributed by atoms with Crippen LogP contribution in [0.5, 0.6) is 0 Å². The van der Waals surface area contributed by atoms with Crippen LogP contribution in [0.1, 0.15) is 34.1 Å². The van der Waals surface area contributed by atoms with Gasteiger partial charge in [0.1, 0.15) is 0 Å². The van der Waals surface area contributed by atoms with Crippen molar-refractivity contribution in [3.8, 4) is 0 Å². The molecule has 0 fully saturated rings. The lowest BCUT2D eigenvalue weighted by atomic mass is 9.54. The third-order valence-corrected chi connectivity index (χ3v) is 6.38. The van der Waals surface area contributed by atoms with E-state index >= 15 is 0 Å². The monoisotopic (exact) mass is 402 g/mol. The summed E-state index contributed by atoms with van der Waals surface area (Å²) in [6.45, 7) is 0. The molecule has 4 nitrogen and oxygen atoms in total. The molecule has 5 heteroatoms. The topological polar surface area (TPSA) is 69.2 Å². The van der Waals surface area contributed by atoms with E-state index in [-0.39, 0.29) is 11.8 Å². The first-order chi connectivity index (χ1) is 14.1. The van der Waals surface area contributed by atoms with E-state index in [0.29, 0.717) is 10.7 Å². The maximum Gasteiger partial charge on any atom is 0.229 e. The second-order valence-corrected chi connectivity index (χ2v) is 8.02. The molecule has 3 aliphatic rings. The molecule has 1 amide bonds. The summed E-state index contributed by atoms with van der Waals surface area (Å²) in [7, 11) is 0.